The summed E-state index contributed by atoms with van der Waals surface area (Å²) >= 11 is 0. The highest BCUT2D eigenvalue weighted by Gasteiger charge is 2.26. The van der Waals surface area contributed by atoms with Crippen molar-refractivity contribution in [1.29, 1.82) is 0 Å². The average Bonchev–Trinajstić information content (AvgIpc) is 2.68. The molecule has 6 heteroatoms. The molecule has 150 valence electrons. The smallest absolute Gasteiger partial charge is 0.223 e. The Labute approximate surface area is 167 Å². The molecule has 28 heavy (non-hydrogen) atoms. The zero-order valence-electron chi connectivity index (χ0n) is 16.5. The van der Waals surface area contributed by atoms with Crippen molar-refractivity contribution in [3.63, 3.8) is 0 Å². The monoisotopic (exact) mass is 400 g/mol. The Kier molecular flexibility index (Phi) is 6.52. The van der Waals surface area contributed by atoms with E-state index in [0.717, 1.165) is 38.0 Å². The number of rotatable bonds is 6. The summed E-state index contributed by atoms with van der Waals surface area (Å²) in [5, 5.41) is 3.08. The number of piperidine rings is 1. The van der Waals surface area contributed by atoms with Gasteiger partial charge < -0.3 is 5.32 Å². The van der Waals surface area contributed by atoms with Crippen LogP contribution in [0.2, 0.25) is 0 Å². The van der Waals surface area contributed by atoms with Crippen molar-refractivity contribution in [2.24, 2.45) is 5.92 Å². The number of nitrogens with zero attached hydrogens (tertiary/aromatic N) is 1. The topological polar surface area (TPSA) is 66.5 Å². The molecule has 1 aliphatic heterocycles. The minimum atomic E-state index is -3.21. The maximum Gasteiger partial charge on any atom is 0.223 e. The molecule has 1 amide bonds. The summed E-state index contributed by atoms with van der Waals surface area (Å²) in [6.07, 6.45) is 2.91. The molecule has 1 N–H and O–H groups in total. The van der Waals surface area contributed by atoms with Gasteiger partial charge in [0.05, 0.1) is 10.9 Å². The van der Waals surface area contributed by atoms with Gasteiger partial charge in [-0.15, -0.1) is 0 Å². The van der Waals surface area contributed by atoms with Gasteiger partial charge in [-0.2, -0.15) is 0 Å². The van der Waals surface area contributed by atoms with Crippen LogP contribution in [-0.4, -0.2) is 38.6 Å². The van der Waals surface area contributed by atoms with Crippen LogP contribution in [0.15, 0.2) is 59.5 Å². The van der Waals surface area contributed by atoms with E-state index >= 15 is 0 Å². The fourth-order valence-corrected chi connectivity index (χ4v) is 4.24. The fraction of sp³-hybridized carbons (Fsp3) is 0.409. The Morgan fingerprint density at radius 3 is 2.25 bits per heavy atom. The molecule has 2 aromatic rings. The summed E-state index contributed by atoms with van der Waals surface area (Å²) in [6.45, 7) is 4.70. The normalized spacial score (nSPS) is 17.2. The first-order chi connectivity index (χ1) is 13.3. The van der Waals surface area contributed by atoms with Crippen molar-refractivity contribution < 1.29 is 13.2 Å². The van der Waals surface area contributed by atoms with E-state index in [1.54, 1.807) is 24.3 Å². The number of nitrogens with one attached hydrogen (secondary N) is 1. The van der Waals surface area contributed by atoms with Gasteiger partial charge in [0.25, 0.3) is 0 Å². The Bertz CT molecular complexity index is 887. The second kappa shape index (κ2) is 8.88. The van der Waals surface area contributed by atoms with Crippen LogP contribution in [0.1, 0.15) is 36.9 Å². The van der Waals surface area contributed by atoms with E-state index in [0.29, 0.717) is 4.90 Å². The van der Waals surface area contributed by atoms with Crippen molar-refractivity contribution in [3.8, 4) is 0 Å². The summed E-state index contributed by atoms with van der Waals surface area (Å²) in [7, 11) is -3.21. The van der Waals surface area contributed by atoms with Gasteiger partial charge >= 0.3 is 0 Å². The molecule has 5 nitrogen and oxygen atoms in total. The molecule has 0 unspecified atom stereocenters. The summed E-state index contributed by atoms with van der Waals surface area (Å²) < 4.78 is 23.1. The predicted octanol–water partition coefficient (Wildman–Crippen LogP) is 3.18. The van der Waals surface area contributed by atoms with Crippen molar-refractivity contribution in [2.45, 2.75) is 37.2 Å². The van der Waals surface area contributed by atoms with Crippen LogP contribution in [0.4, 0.5) is 0 Å². The highest BCUT2D eigenvalue weighted by molar-refractivity contribution is 7.90. The summed E-state index contributed by atoms with van der Waals surface area (Å²) in [6, 6.07) is 17.0. The number of carbonyl (C=O) groups is 1. The molecule has 0 radical (unpaired) electrons. The molecule has 0 spiro atoms. The van der Waals surface area contributed by atoms with Crippen LogP contribution < -0.4 is 5.32 Å². The maximum absolute atomic E-state index is 12.6. The summed E-state index contributed by atoms with van der Waals surface area (Å²) in [4.78, 5) is 15.3. The van der Waals surface area contributed by atoms with Crippen LogP contribution in [0.3, 0.4) is 0 Å². The molecule has 0 bridgehead atoms. The van der Waals surface area contributed by atoms with Crippen LogP contribution >= 0.6 is 0 Å². The zero-order valence-corrected chi connectivity index (χ0v) is 17.3. The maximum atomic E-state index is 12.6. The highest BCUT2D eigenvalue weighted by Crippen LogP contribution is 2.22. The molecule has 1 aliphatic rings. The lowest BCUT2D eigenvalue weighted by Gasteiger charge is -2.32. The SMILES string of the molecule is C[C@@H](NC(=O)C1CCN(Cc2ccccc2)CC1)c1ccc(S(C)(=O)=O)cc1. The number of carbonyl (C=O) groups excluding carboxylic acids is 1. The van der Waals surface area contributed by atoms with Crippen LogP contribution in [0, 0.1) is 5.92 Å². The van der Waals surface area contributed by atoms with Gasteiger partial charge in [0.1, 0.15) is 0 Å². The van der Waals surface area contributed by atoms with Gasteiger partial charge in [-0.05, 0) is 56.1 Å². The number of benzene rings is 2. The summed E-state index contributed by atoms with van der Waals surface area (Å²) in [5.74, 6) is 0.115. The molecular weight excluding hydrogens is 372 g/mol. The van der Waals surface area contributed by atoms with Crippen molar-refractivity contribution >= 4 is 15.7 Å². The second-order valence-electron chi connectivity index (χ2n) is 7.61. The van der Waals surface area contributed by atoms with Crippen molar-refractivity contribution in [1.82, 2.24) is 10.2 Å². The largest absolute Gasteiger partial charge is 0.349 e. The number of likely N-dealkylation sites (tertiary alicyclic amines) is 1. The van der Waals surface area contributed by atoms with E-state index in [-0.39, 0.29) is 17.9 Å². The lowest BCUT2D eigenvalue weighted by Crippen LogP contribution is -2.40. The highest BCUT2D eigenvalue weighted by atomic mass is 32.2. The zero-order chi connectivity index (χ0) is 20.1. The Morgan fingerprint density at radius 2 is 1.68 bits per heavy atom. The summed E-state index contributed by atoms with van der Waals surface area (Å²) in [5.41, 5.74) is 2.21. The van der Waals surface area contributed by atoms with Crippen LogP contribution in [0.5, 0.6) is 0 Å². The minimum Gasteiger partial charge on any atom is -0.349 e. The van der Waals surface area contributed by atoms with Gasteiger partial charge in [0.2, 0.25) is 5.91 Å². The molecule has 1 fully saturated rings. The molecular formula is C22H28N2O3S. The molecule has 0 aromatic heterocycles. The van der Waals surface area contributed by atoms with E-state index in [4.69, 9.17) is 0 Å². The third kappa shape index (κ3) is 5.42. The number of amides is 1. The van der Waals surface area contributed by atoms with Crippen molar-refractivity contribution in [2.75, 3.05) is 19.3 Å². The van der Waals surface area contributed by atoms with Crippen molar-refractivity contribution in [3.05, 3.63) is 65.7 Å². The van der Waals surface area contributed by atoms with Crippen LogP contribution in [-0.2, 0) is 21.2 Å². The average molecular weight is 401 g/mol. The first-order valence-electron chi connectivity index (χ1n) is 9.69. The molecule has 3 rings (SSSR count). The van der Waals surface area contributed by atoms with E-state index in [1.807, 2.05) is 13.0 Å². The lowest BCUT2D eigenvalue weighted by atomic mass is 9.95. The molecule has 0 saturated carbocycles. The predicted molar refractivity (Wildman–Crippen MR) is 111 cm³/mol. The Balaban J connectivity index is 1.50. The lowest BCUT2D eigenvalue weighted by molar-refractivity contribution is -0.127. The quantitative estimate of drug-likeness (QED) is 0.809. The van der Waals surface area contributed by atoms with E-state index < -0.39 is 9.84 Å². The van der Waals surface area contributed by atoms with Gasteiger partial charge in [-0.1, -0.05) is 42.5 Å². The molecule has 1 heterocycles. The first-order valence-corrected chi connectivity index (χ1v) is 11.6. The number of sulfone groups is 1. The minimum absolute atomic E-state index is 0.0322. The Hall–Kier alpha value is -2.18. The van der Waals surface area contributed by atoms with Gasteiger partial charge in [0, 0.05) is 18.7 Å². The fourth-order valence-electron chi connectivity index (χ4n) is 3.61. The van der Waals surface area contributed by atoms with E-state index in [2.05, 4.69) is 34.5 Å². The van der Waals surface area contributed by atoms with E-state index in [1.165, 1.54) is 11.8 Å². The molecule has 1 atom stereocenters. The standard InChI is InChI=1S/C22H28N2O3S/c1-17(19-8-10-21(11-9-19)28(2,26)27)23-22(25)20-12-14-24(15-13-20)16-18-6-4-3-5-7-18/h3-11,17,20H,12-16H2,1-2H3,(H,23,25)/t17-/m1/s1. The van der Waals surface area contributed by atoms with Gasteiger partial charge in [-0.3, -0.25) is 9.69 Å². The molecule has 0 aliphatic carbocycles. The molecule has 1 saturated heterocycles. The van der Waals surface area contributed by atoms with E-state index in [9.17, 15) is 13.2 Å². The van der Waals surface area contributed by atoms with Crippen LogP contribution in [0.25, 0.3) is 0 Å². The number of hydrogen-bond donors (Lipinski definition) is 1. The van der Waals surface area contributed by atoms with Gasteiger partial charge in [-0.25, -0.2) is 8.42 Å². The first kappa shape index (κ1) is 20.6. The second-order valence-corrected chi connectivity index (χ2v) is 9.62. The Morgan fingerprint density at radius 1 is 1.07 bits per heavy atom. The molecule has 2 aromatic carbocycles. The van der Waals surface area contributed by atoms with Gasteiger partial charge in [0.15, 0.2) is 9.84 Å². The number of hydrogen-bond acceptors (Lipinski definition) is 4. The third-order valence-electron chi connectivity index (χ3n) is 5.37. The third-order valence-corrected chi connectivity index (χ3v) is 6.50.